The Morgan fingerprint density at radius 3 is 1.30 bits per heavy atom. The van der Waals surface area contributed by atoms with Crippen molar-refractivity contribution in [3.63, 3.8) is 0 Å². The van der Waals surface area contributed by atoms with Crippen LogP contribution < -0.4 is 43.0 Å². The van der Waals surface area contributed by atoms with Crippen LogP contribution in [0.1, 0.15) is 150 Å². The number of carbonyl (C=O) groups excluding carboxylic acids is 10. The molecule has 3 aliphatic carbocycles. The summed E-state index contributed by atoms with van der Waals surface area (Å²) < 4.78 is 15.2. The summed E-state index contributed by atoms with van der Waals surface area (Å²) in [5.74, 6) is -3.14. The fourth-order valence-electron chi connectivity index (χ4n) is 11.6. The van der Waals surface area contributed by atoms with E-state index in [1.165, 1.54) is 12.0 Å². The minimum Gasteiger partial charge on any atom is -0.467 e. The number of amides is 10. The monoisotopic (exact) mass is 1130 g/mol. The number of piperidine rings is 2. The number of methoxy groups -OCH3 is 1. The Bertz CT molecular complexity index is 2290. The Kier molecular flexibility index (Phi) is 21.9. The summed E-state index contributed by atoms with van der Waals surface area (Å²) in [6, 6.07) is -6.34. The summed E-state index contributed by atoms with van der Waals surface area (Å²) in [6.07, 6.45) is 1.52. The molecule has 0 aromatic heterocycles. The van der Waals surface area contributed by atoms with Crippen LogP contribution in [0.4, 0.5) is 19.2 Å². The number of rotatable bonds is 21. The average Bonchev–Trinajstić information content (AvgIpc) is 3.76. The van der Waals surface area contributed by atoms with Crippen LogP contribution in [0.25, 0.3) is 0 Å². The molecule has 0 bridgehead atoms. The Balaban J connectivity index is 0.000000356. The van der Waals surface area contributed by atoms with Gasteiger partial charge in [0.05, 0.1) is 37.4 Å². The second kappa shape index (κ2) is 26.3. The minimum atomic E-state index is -1.10. The van der Waals surface area contributed by atoms with E-state index < -0.39 is 101 Å². The topological polar surface area (TPSA) is 315 Å². The predicted octanol–water partition coefficient (Wildman–Crippen LogP) is 4.59. The highest BCUT2D eigenvalue weighted by Gasteiger charge is 2.71. The van der Waals surface area contributed by atoms with E-state index in [0.29, 0.717) is 19.5 Å². The number of ether oxygens (including phenoxy) is 3. The molecule has 0 spiro atoms. The molecule has 3 saturated carbocycles. The second-order valence-corrected chi connectivity index (χ2v) is 27.3. The predicted molar refractivity (Wildman–Crippen MR) is 299 cm³/mol. The van der Waals surface area contributed by atoms with Crippen molar-refractivity contribution in [3.8, 4) is 0 Å². The Morgan fingerprint density at radius 2 is 0.975 bits per heavy atom. The summed E-state index contributed by atoms with van der Waals surface area (Å²) in [6.45, 7) is 35.1. The standard InChI is InChI=1S/C32H54N6O7.C25H44N4O6/c1-16(2)21(14-34-30(44)45-17(3)4)36-29(43)37-25(31(5,6)7)28(42)38-15-19-22(32(19,8)9)23(38)27(41)35-20(24(39)26(33)40)13-18-11-10-12-18;1-13(2)16(11-26-23(33)35-14(3)4)27-22(32)28-19(24(5,6)7)20(30)29-12-15-17(25(15,8)9)18(29)21(31)34-10/h16-23,25H,10-15H2,1-9H3,(H2,33,40)(H,34,44)(H,35,41)(H2,36,37,43);13-19H,11-12H2,1-10H3,(H,26,33)(H2,27,28,32)/t19-,20?,21?,22-,23-,25+;15-,16?,17-,18-,19+/m00/s1. The number of hydrogen-bond donors (Lipinski definition) is 8. The van der Waals surface area contributed by atoms with Gasteiger partial charge in [-0.05, 0) is 91.3 Å². The molecular formula is C57H98N10O13. The lowest BCUT2D eigenvalue weighted by atomic mass is 9.80. The number of nitrogens with two attached hydrogens (primary N) is 1. The van der Waals surface area contributed by atoms with Crippen LogP contribution in [0.15, 0.2) is 0 Å². The van der Waals surface area contributed by atoms with Crippen molar-refractivity contribution in [1.29, 1.82) is 0 Å². The number of esters is 1. The minimum absolute atomic E-state index is 0.0144. The van der Waals surface area contributed by atoms with Crippen molar-refractivity contribution in [2.75, 3.05) is 33.3 Å². The van der Waals surface area contributed by atoms with Crippen molar-refractivity contribution in [2.45, 2.75) is 205 Å². The van der Waals surface area contributed by atoms with Crippen molar-refractivity contribution in [2.24, 2.45) is 68.8 Å². The van der Waals surface area contributed by atoms with Crippen LogP contribution in [-0.2, 0) is 43.0 Å². The highest BCUT2D eigenvalue weighted by Crippen LogP contribution is 2.66. The molecule has 0 radical (unpaired) electrons. The van der Waals surface area contributed by atoms with Gasteiger partial charge < -0.3 is 67.0 Å². The molecule has 0 aromatic rings. The zero-order valence-electron chi connectivity index (χ0n) is 51.2. The molecule has 10 amide bonds. The van der Waals surface area contributed by atoms with Crippen LogP contribution in [-0.4, -0.2) is 157 Å². The van der Waals surface area contributed by atoms with E-state index in [1.807, 2.05) is 69.2 Å². The summed E-state index contributed by atoms with van der Waals surface area (Å²) in [7, 11) is 1.33. The van der Waals surface area contributed by atoms with Crippen LogP contribution >= 0.6 is 0 Å². The van der Waals surface area contributed by atoms with Gasteiger partial charge in [0.15, 0.2) is 0 Å². The molecule has 23 heteroatoms. The van der Waals surface area contributed by atoms with Crippen molar-refractivity contribution < 1.29 is 62.2 Å². The third-order valence-electron chi connectivity index (χ3n) is 17.0. The maximum absolute atomic E-state index is 14.2. The third kappa shape index (κ3) is 16.6. The number of carbonyl (C=O) groups is 10. The summed E-state index contributed by atoms with van der Waals surface area (Å²) in [5, 5.41) is 19.5. The number of urea groups is 2. The summed E-state index contributed by atoms with van der Waals surface area (Å²) in [4.78, 5) is 132. The first-order chi connectivity index (χ1) is 36.8. The van der Waals surface area contributed by atoms with Gasteiger partial charge in [0.2, 0.25) is 23.5 Å². The van der Waals surface area contributed by atoms with Crippen molar-refractivity contribution in [3.05, 3.63) is 0 Å². The number of hydrogen-bond acceptors (Lipinski definition) is 13. The molecule has 5 rings (SSSR count). The SMILES string of the molecule is CC(C)OC(=O)NCC(NC(=O)N[C@H](C(=O)N1C[C@H]2[C@@H]([C@H]1C(=O)NC(CC1CCC1)C(=O)C(N)=O)C2(C)C)C(C)(C)C)C(C)C.COC(=O)[C@@H]1[C@@H]2[C@H](CN1C(=O)[C@@H](NC(=O)NC(CNC(=O)OC(C)C)C(C)C)C(C)(C)C)C2(C)C. The molecule has 5 fully saturated rings. The fourth-order valence-corrected chi connectivity index (χ4v) is 11.6. The van der Waals surface area contributed by atoms with Crippen LogP contribution in [0.3, 0.4) is 0 Å². The number of alkyl carbamates (subject to hydrolysis) is 2. The maximum atomic E-state index is 14.2. The number of primary amides is 1. The normalized spacial score (nSPS) is 24.2. The van der Waals surface area contributed by atoms with Gasteiger partial charge in [-0.1, -0.05) is 116 Å². The number of nitrogens with one attached hydrogen (secondary N) is 7. The Labute approximate surface area is 474 Å². The molecule has 23 nitrogen and oxygen atoms in total. The lowest BCUT2D eigenvalue weighted by Crippen LogP contribution is -2.62. The average molecular weight is 1130 g/mol. The summed E-state index contributed by atoms with van der Waals surface area (Å²) >= 11 is 0. The molecule has 5 aliphatic rings. The van der Waals surface area contributed by atoms with Crippen molar-refractivity contribution in [1.82, 2.24) is 47.0 Å². The van der Waals surface area contributed by atoms with Gasteiger partial charge >= 0.3 is 30.2 Å². The van der Waals surface area contributed by atoms with E-state index in [0.717, 1.165) is 19.3 Å². The molecule has 3 unspecified atom stereocenters. The van der Waals surface area contributed by atoms with E-state index in [4.69, 9.17) is 19.9 Å². The van der Waals surface area contributed by atoms with Gasteiger partial charge in [0, 0.05) is 32.1 Å². The zero-order valence-corrected chi connectivity index (χ0v) is 51.2. The summed E-state index contributed by atoms with van der Waals surface area (Å²) in [5.41, 5.74) is 3.78. The largest absolute Gasteiger partial charge is 0.467 e. The fraction of sp³-hybridized carbons (Fsp3) is 0.825. The van der Waals surface area contributed by atoms with Gasteiger partial charge in [0.25, 0.3) is 5.91 Å². The van der Waals surface area contributed by atoms with Gasteiger partial charge in [0.1, 0.15) is 24.2 Å². The van der Waals surface area contributed by atoms with E-state index in [2.05, 4.69) is 64.9 Å². The van der Waals surface area contributed by atoms with E-state index >= 15 is 0 Å². The first-order valence-corrected chi connectivity index (χ1v) is 28.6. The number of fused-ring (bicyclic) bond motifs is 2. The van der Waals surface area contributed by atoms with E-state index in [1.54, 1.807) is 32.6 Å². The molecule has 80 heavy (non-hydrogen) atoms. The quantitative estimate of drug-likeness (QED) is 0.0444. The molecule has 11 atom stereocenters. The van der Waals surface area contributed by atoms with Crippen LogP contribution in [0.2, 0.25) is 0 Å². The Hall–Kier alpha value is -5.90. The Morgan fingerprint density at radius 1 is 0.588 bits per heavy atom. The highest BCUT2D eigenvalue weighted by molar-refractivity contribution is 6.37. The van der Waals surface area contributed by atoms with Gasteiger partial charge in [-0.25, -0.2) is 24.0 Å². The second-order valence-electron chi connectivity index (χ2n) is 27.3. The molecule has 2 heterocycles. The van der Waals surface area contributed by atoms with Crippen LogP contribution in [0, 0.1) is 63.1 Å². The highest BCUT2D eigenvalue weighted by atomic mass is 16.6. The molecule has 0 aromatic carbocycles. The molecular weight excluding hydrogens is 1030 g/mol. The van der Waals surface area contributed by atoms with Gasteiger partial charge in [-0.3, -0.25) is 24.0 Å². The smallest absolute Gasteiger partial charge is 0.407 e. The van der Waals surface area contributed by atoms with Crippen molar-refractivity contribution >= 4 is 59.6 Å². The third-order valence-corrected chi connectivity index (χ3v) is 17.0. The number of Topliss-reactive ketones (excluding diaryl/α,β-unsaturated/α-hetero) is 1. The van der Waals surface area contributed by atoms with Gasteiger partial charge in [-0.2, -0.15) is 0 Å². The zero-order chi connectivity index (χ0) is 60.9. The first kappa shape index (κ1) is 66.6. The van der Waals surface area contributed by atoms with E-state index in [-0.39, 0.29) is 89.5 Å². The number of likely N-dealkylation sites (tertiary alicyclic amines) is 2. The number of nitrogens with zero attached hydrogens (tertiary/aromatic N) is 2. The lowest BCUT2D eigenvalue weighted by molar-refractivity contribution is -0.154. The number of ketones is 1. The van der Waals surface area contributed by atoms with E-state index in [9.17, 15) is 47.9 Å². The first-order valence-electron chi connectivity index (χ1n) is 28.6. The van der Waals surface area contributed by atoms with Gasteiger partial charge in [-0.15, -0.1) is 0 Å². The molecule has 2 saturated heterocycles. The van der Waals surface area contributed by atoms with Crippen LogP contribution in [0.5, 0.6) is 0 Å². The molecule has 2 aliphatic heterocycles. The molecule has 454 valence electrons. The lowest BCUT2D eigenvalue weighted by Gasteiger charge is -2.38. The maximum Gasteiger partial charge on any atom is 0.407 e. The molecule has 9 N–H and O–H groups in total.